The Morgan fingerprint density at radius 2 is 1.74 bits per heavy atom. The van der Waals surface area contributed by atoms with E-state index in [9.17, 15) is 4.79 Å². The first kappa shape index (κ1) is 17.4. The second kappa shape index (κ2) is 7.72. The predicted octanol–water partition coefficient (Wildman–Crippen LogP) is 4.54. The molecule has 5 nitrogen and oxygen atoms in total. The molecular formula is C21H17BrN4O. The number of nitrogens with zero attached hydrogens (tertiary/aromatic N) is 3. The molecule has 0 aliphatic carbocycles. The lowest BCUT2D eigenvalue weighted by Gasteiger charge is -2.11. The molecule has 4 rings (SSSR count). The molecular weight excluding hydrogens is 404 g/mol. The summed E-state index contributed by atoms with van der Waals surface area (Å²) in [6.45, 7) is 0.542. The molecule has 2 heterocycles. The van der Waals surface area contributed by atoms with Crippen molar-refractivity contribution >= 4 is 38.6 Å². The summed E-state index contributed by atoms with van der Waals surface area (Å²) in [7, 11) is 0. The molecule has 4 aromatic rings. The highest BCUT2D eigenvalue weighted by Gasteiger charge is 2.08. The number of anilines is 2. The molecule has 0 aliphatic rings. The smallest absolute Gasteiger partial charge is 0.252 e. The summed E-state index contributed by atoms with van der Waals surface area (Å²) in [4.78, 5) is 21.4. The highest BCUT2D eigenvalue weighted by molar-refractivity contribution is 9.10. The third kappa shape index (κ3) is 3.90. The van der Waals surface area contributed by atoms with Crippen LogP contribution in [0.3, 0.4) is 0 Å². The normalized spacial score (nSPS) is 10.9. The zero-order valence-corrected chi connectivity index (χ0v) is 16.1. The van der Waals surface area contributed by atoms with Crippen LogP contribution in [0.1, 0.15) is 5.56 Å². The fourth-order valence-corrected chi connectivity index (χ4v) is 3.41. The van der Waals surface area contributed by atoms with Crippen LogP contribution in [0, 0.1) is 0 Å². The first-order valence-electron chi connectivity index (χ1n) is 8.63. The fourth-order valence-electron chi connectivity index (χ4n) is 2.93. The molecule has 0 amide bonds. The van der Waals surface area contributed by atoms with Crippen molar-refractivity contribution in [1.29, 1.82) is 0 Å². The first-order valence-corrected chi connectivity index (χ1v) is 9.42. The lowest BCUT2D eigenvalue weighted by atomic mass is 10.1. The van der Waals surface area contributed by atoms with Crippen molar-refractivity contribution in [3.63, 3.8) is 0 Å². The maximum absolute atomic E-state index is 12.5. The Hall–Kier alpha value is -2.99. The van der Waals surface area contributed by atoms with Gasteiger partial charge in [0, 0.05) is 34.4 Å². The maximum atomic E-state index is 12.5. The van der Waals surface area contributed by atoms with E-state index < -0.39 is 0 Å². The number of para-hydroxylation sites is 1. The largest absolute Gasteiger partial charge is 0.324 e. The van der Waals surface area contributed by atoms with E-state index in [4.69, 9.17) is 0 Å². The average molecular weight is 421 g/mol. The number of hydrogen-bond donors (Lipinski definition) is 1. The summed E-state index contributed by atoms with van der Waals surface area (Å²) in [5.41, 5.74) is 2.61. The molecule has 134 valence electrons. The van der Waals surface area contributed by atoms with Gasteiger partial charge in [-0.05, 0) is 36.2 Å². The van der Waals surface area contributed by atoms with E-state index in [-0.39, 0.29) is 5.56 Å². The summed E-state index contributed by atoms with van der Waals surface area (Å²) >= 11 is 3.56. The molecule has 1 N–H and O–H groups in total. The number of aryl methyl sites for hydroxylation is 2. The van der Waals surface area contributed by atoms with Gasteiger partial charge in [-0.3, -0.25) is 9.36 Å². The fraction of sp³-hybridized carbons (Fsp3) is 0.0952. The van der Waals surface area contributed by atoms with Crippen LogP contribution in [0.4, 0.5) is 11.6 Å². The summed E-state index contributed by atoms with van der Waals surface area (Å²) in [5, 5.41) is 4.01. The second-order valence-corrected chi connectivity index (χ2v) is 6.98. The van der Waals surface area contributed by atoms with Gasteiger partial charge in [-0.1, -0.05) is 52.3 Å². The van der Waals surface area contributed by atoms with Gasteiger partial charge < -0.3 is 5.32 Å². The van der Waals surface area contributed by atoms with Crippen molar-refractivity contribution in [1.82, 2.24) is 14.5 Å². The Labute approximate surface area is 164 Å². The van der Waals surface area contributed by atoms with Crippen molar-refractivity contribution in [2.75, 3.05) is 5.32 Å². The summed E-state index contributed by atoms with van der Waals surface area (Å²) < 4.78 is 2.74. The number of pyridine rings is 1. The van der Waals surface area contributed by atoms with E-state index in [2.05, 4.69) is 37.3 Å². The van der Waals surface area contributed by atoms with Gasteiger partial charge in [0.15, 0.2) is 0 Å². The van der Waals surface area contributed by atoms with Crippen LogP contribution in [0.25, 0.3) is 11.0 Å². The van der Waals surface area contributed by atoms with Crippen molar-refractivity contribution < 1.29 is 0 Å². The van der Waals surface area contributed by atoms with E-state index >= 15 is 0 Å². The van der Waals surface area contributed by atoms with Crippen LogP contribution >= 0.6 is 15.9 Å². The molecule has 0 fully saturated rings. The van der Waals surface area contributed by atoms with E-state index in [1.54, 1.807) is 22.9 Å². The number of aromatic nitrogens is 3. The van der Waals surface area contributed by atoms with E-state index in [1.165, 1.54) is 0 Å². The maximum Gasteiger partial charge on any atom is 0.252 e. The third-order valence-electron chi connectivity index (χ3n) is 4.32. The lowest BCUT2D eigenvalue weighted by Crippen LogP contribution is -2.21. The van der Waals surface area contributed by atoms with Crippen molar-refractivity contribution in [3.8, 4) is 0 Å². The van der Waals surface area contributed by atoms with Gasteiger partial charge in [-0.25, -0.2) is 4.98 Å². The Morgan fingerprint density at radius 1 is 0.963 bits per heavy atom. The molecule has 0 saturated carbocycles. The Bertz CT molecular complexity index is 1140. The van der Waals surface area contributed by atoms with Crippen LogP contribution in [-0.2, 0) is 13.0 Å². The van der Waals surface area contributed by atoms with Crippen molar-refractivity contribution in [3.05, 3.63) is 93.3 Å². The molecule has 0 unspecified atom stereocenters. The molecule has 2 aromatic heterocycles. The van der Waals surface area contributed by atoms with Crippen molar-refractivity contribution in [2.45, 2.75) is 13.0 Å². The van der Waals surface area contributed by atoms with E-state index in [0.717, 1.165) is 27.5 Å². The molecule has 0 atom stereocenters. The molecule has 0 spiro atoms. The van der Waals surface area contributed by atoms with Gasteiger partial charge in [0.2, 0.25) is 5.95 Å². The van der Waals surface area contributed by atoms with Crippen LogP contribution in [-0.4, -0.2) is 14.5 Å². The summed E-state index contributed by atoms with van der Waals surface area (Å²) in [6, 6.07) is 21.1. The monoisotopic (exact) mass is 420 g/mol. The Balaban J connectivity index is 1.68. The number of hydrogen-bond acceptors (Lipinski definition) is 4. The zero-order chi connectivity index (χ0) is 18.6. The van der Waals surface area contributed by atoms with Crippen molar-refractivity contribution in [2.24, 2.45) is 0 Å². The molecule has 0 aliphatic heterocycles. The SMILES string of the molecule is O=c1ccc2cnc(Nc3ccccc3)nc2n1CCc1ccccc1Br. The molecule has 2 aromatic carbocycles. The Kier molecular flexibility index (Phi) is 4.98. The van der Waals surface area contributed by atoms with Gasteiger partial charge in [-0.2, -0.15) is 4.98 Å². The van der Waals surface area contributed by atoms with Gasteiger partial charge in [0.25, 0.3) is 5.56 Å². The Morgan fingerprint density at radius 3 is 2.56 bits per heavy atom. The number of fused-ring (bicyclic) bond motifs is 1. The standard InChI is InChI=1S/C21H17BrN4O/c22-18-9-5-4-6-15(18)12-13-26-19(27)11-10-16-14-23-21(25-20(16)26)24-17-7-2-1-3-8-17/h1-11,14H,12-13H2,(H,23,24,25). The minimum absolute atomic E-state index is 0.0704. The zero-order valence-electron chi connectivity index (χ0n) is 14.5. The topological polar surface area (TPSA) is 59.8 Å². The third-order valence-corrected chi connectivity index (χ3v) is 5.09. The van der Waals surface area contributed by atoms with Gasteiger partial charge in [-0.15, -0.1) is 0 Å². The highest BCUT2D eigenvalue weighted by atomic mass is 79.9. The van der Waals surface area contributed by atoms with Crippen LogP contribution < -0.4 is 10.9 Å². The number of rotatable bonds is 5. The van der Waals surface area contributed by atoms with Crippen LogP contribution in [0.5, 0.6) is 0 Å². The summed E-state index contributed by atoms with van der Waals surface area (Å²) in [6.07, 6.45) is 2.47. The lowest BCUT2D eigenvalue weighted by molar-refractivity contribution is 0.686. The minimum Gasteiger partial charge on any atom is -0.324 e. The molecule has 0 bridgehead atoms. The van der Waals surface area contributed by atoms with Crippen LogP contribution in [0.2, 0.25) is 0 Å². The van der Waals surface area contributed by atoms with Gasteiger partial charge in [0.05, 0.1) is 0 Å². The van der Waals surface area contributed by atoms with Gasteiger partial charge >= 0.3 is 0 Å². The molecule has 6 heteroatoms. The molecule has 0 saturated heterocycles. The number of halogens is 1. The van der Waals surface area contributed by atoms with Gasteiger partial charge in [0.1, 0.15) is 5.65 Å². The highest BCUT2D eigenvalue weighted by Crippen LogP contribution is 2.18. The first-order chi connectivity index (χ1) is 13.2. The number of benzene rings is 2. The quantitative estimate of drug-likeness (QED) is 0.514. The molecule has 27 heavy (non-hydrogen) atoms. The van der Waals surface area contributed by atoms with Crippen LogP contribution in [0.15, 0.2) is 82.2 Å². The predicted molar refractivity (Wildman–Crippen MR) is 111 cm³/mol. The van der Waals surface area contributed by atoms with E-state index in [0.29, 0.717) is 18.1 Å². The average Bonchev–Trinajstić information content (AvgIpc) is 2.69. The summed E-state index contributed by atoms with van der Waals surface area (Å²) in [5.74, 6) is 0.467. The van der Waals surface area contributed by atoms with E-state index in [1.807, 2.05) is 48.5 Å². The molecule has 0 radical (unpaired) electrons. The minimum atomic E-state index is -0.0704. The second-order valence-electron chi connectivity index (χ2n) is 6.13. The number of nitrogens with one attached hydrogen (secondary N) is 1.